The van der Waals surface area contributed by atoms with Crippen LogP contribution < -0.4 is 10.0 Å². The lowest BCUT2D eigenvalue weighted by molar-refractivity contribution is -0.143. The maximum absolute atomic E-state index is 12.3. The average Bonchev–Trinajstić information content (AvgIpc) is 3.09. The summed E-state index contributed by atoms with van der Waals surface area (Å²) in [6.07, 6.45) is 0.207. The molecule has 3 N–H and O–H groups in total. The van der Waals surface area contributed by atoms with Gasteiger partial charge in [0, 0.05) is 11.3 Å². The molecule has 0 fully saturated rings. The normalized spacial score (nSPS) is 13.7. The van der Waals surface area contributed by atoms with Crippen LogP contribution in [0.3, 0.4) is 0 Å². The first-order valence-corrected chi connectivity index (χ1v) is 9.76. The standard InChI is InChI=1S/C16H18N2O5S2/c1-3-16(2,15(20)21)17-14(19)11-6-4-7-12(10-11)18-25(22,23)13-8-5-9-24-13/h4-10,18H,3H2,1-2H3,(H,17,19)(H,20,21). The van der Waals surface area contributed by atoms with Crippen LogP contribution in [0.2, 0.25) is 0 Å². The molecule has 0 radical (unpaired) electrons. The largest absolute Gasteiger partial charge is 0.480 e. The molecule has 0 aliphatic heterocycles. The molecule has 0 saturated heterocycles. The minimum atomic E-state index is -3.72. The number of aliphatic carboxylic acids is 1. The second-order valence-electron chi connectivity index (χ2n) is 5.56. The Bertz CT molecular complexity index is 878. The van der Waals surface area contributed by atoms with Gasteiger partial charge in [0.25, 0.3) is 15.9 Å². The first kappa shape index (κ1) is 18.9. The molecule has 9 heteroatoms. The van der Waals surface area contributed by atoms with E-state index in [1.54, 1.807) is 18.4 Å². The van der Waals surface area contributed by atoms with E-state index < -0.39 is 27.4 Å². The summed E-state index contributed by atoms with van der Waals surface area (Å²) in [5, 5.41) is 13.3. The van der Waals surface area contributed by atoms with Crippen LogP contribution in [0, 0.1) is 0 Å². The van der Waals surface area contributed by atoms with Crippen LogP contribution in [-0.4, -0.2) is 30.9 Å². The van der Waals surface area contributed by atoms with Gasteiger partial charge in [-0.1, -0.05) is 19.1 Å². The second kappa shape index (κ2) is 7.24. The van der Waals surface area contributed by atoms with E-state index in [1.807, 2.05) is 0 Å². The number of rotatable bonds is 7. The van der Waals surface area contributed by atoms with Crippen LogP contribution in [0.1, 0.15) is 30.6 Å². The van der Waals surface area contributed by atoms with Crippen molar-refractivity contribution in [3.05, 3.63) is 47.3 Å². The molecule has 1 aromatic heterocycles. The summed E-state index contributed by atoms with van der Waals surface area (Å²) in [5.74, 6) is -1.73. The average molecular weight is 382 g/mol. The molecule has 0 spiro atoms. The summed E-state index contributed by atoms with van der Waals surface area (Å²) >= 11 is 1.08. The van der Waals surface area contributed by atoms with Crippen molar-refractivity contribution in [2.45, 2.75) is 30.0 Å². The van der Waals surface area contributed by atoms with Crippen molar-refractivity contribution >= 4 is 38.9 Å². The van der Waals surface area contributed by atoms with E-state index >= 15 is 0 Å². The van der Waals surface area contributed by atoms with Gasteiger partial charge in [-0.15, -0.1) is 11.3 Å². The number of carbonyl (C=O) groups is 2. The third-order valence-electron chi connectivity index (χ3n) is 3.71. The highest BCUT2D eigenvalue weighted by atomic mass is 32.2. The van der Waals surface area contributed by atoms with E-state index in [1.165, 1.54) is 37.3 Å². The molecule has 7 nitrogen and oxygen atoms in total. The lowest BCUT2D eigenvalue weighted by Gasteiger charge is -2.24. The van der Waals surface area contributed by atoms with E-state index in [-0.39, 0.29) is 21.9 Å². The molecule has 2 aromatic rings. The molecule has 0 aliphatic carbocycles. The van der Waals surface area contributed by atoms with Crippen LogP contribution in [-0.2, 0) is 14.8 Å². The lowest BCUT2D eigenvalue weighted by Crippen LogP contribution is -2.51. The topological polar surface area (TPSA) is 113 Å². The summed E-state index contributed by atoms with van der Waals surface area (Å²) in [5.41, 5.74) is -1.02. The second-order valence-corrected chi connectivity index (χ2v) is 8.42. The van der Waals surface area contributed by atoms with Crippen LogP contribution >= 0.6 is 11.3 Å². The maximum Gasteiger partial charge on any atom is 0.329 e. The number of nitrogens with one attached hydrogen (secondary N) is 2. The van der Waals surface area contributed by atoms with Crippen LogP contribution in [0.4, 0.5) is 5.69 Å². The highest BCUT2D eigenvalue weighted by Gasteiger charge is 2.33. The van der Waals surface area contributed by atoms with Crippen molar-refractivity contribution in [2.24, 2.45) is 0 Å². The minimum absolute atomic E-state index is 0.159. The first-order chi connectivity index (χ1) is 11.7. The van der Waals surface area contributed by atoms with Gasteiger partial charge in [0.1, 0.15) is 9.75 Å². The Kier molecular flexibility index (Phi) is 5.48. The number of hydrogen-bond donors (Lipinski definition) is 3. The predicted molar refractivity (Wildman–Crippen MR) is 95.4 cm³/mol. The molecule has 0 saturated carbocycles. The Morgan fingerprint density at radius 1 is 1.24 bits per heavy atom. The van der Waals surface area contributed by atoms with Crippen LogP contribution in [0.15, 0.2) is 46.0 Å². The van der Waals surface area contributed by atoms with Gasteiger partial charge in [-0.3, -0.25) is 9.52 Å². The van der Waals surface area contributed by atoms with Crippen LogP contribution in [0.5, 0.6) is 0 Å². The third kappa shape index (κ3) is 4.37. The Labute approximate surface area is 149 Å². The molecule has 1 amide bonds. The van der Waals surface area contributed by atoms with Crippen molar-refractivity contribution in [1.29, 1.82) is 0 Å². The zero-order valence-electron chi connectivity index (χ0n) is 13.6. The van der Waals surface area contributed by atoms with Crippen molar-refractivity contribution < 1.29 is 23.1 Å². The fraction of sp³-hybridized carbons (Fsp3) is 0.250. The van der Waals surface area contributed by atoms with Crippen molar-refractivity contribution in [3.8, 4) is 0 Å². The molecule has 0 bridgehead atoms. The van der Waals surface area contributed by atoms with Gasteiger partial charge >= 0.3 is 5.97 Å². The predicted octanol–water partition coefficient (Wildman–Crippen LogP) is 2.53. The van der Waals surface area contributed by atoms with Crippen molar-refractivity contribution in [1.82, 2.24) is 5.32 Å². The number of thiophene rings is 1. The molecular formula is C16H18N2O5S2. The van der Waals surface area contributed by atoms with Crippen LogP contribution in [0.25, 0.3) is 0 Å². The molecule has 2 rings (SSSR count). The Balaban J connectivity index is 2.21. The molecular weight excluding hydrogens is 364 g/mol. The van der Waals surface area contributed by atoms with Crippen molar-refractivity contribution in [3.63, 3.8) is 0 Å². The van der Waals surface area contributed by atoms with E-state index in [2.05, 4.69) is 10.0 Å². The van der Waals surface area contributed by atoms with Gasteiger partial charge in [0.2, 0.25) is 0 Å². The summed E-state index contributed by atoms with van der Waals surface area (Å²) in [4.78, 5) is 23.6. The van der Waals surface area contributed by atoms with Gasteiger partial charge in [0.15, 0.2) is 0 Å². The number of sulfonamides is 1. The SMILES string of the molecule is CCC(C)(NC(=O)c1cccc(NS(=O)(=O)c2cccs2)c1)C(=O)O. The lowest BCUT2D eigenvalue weighted by atomic mass is 9.98. The van der Waals surface area contributed by atoms with Gasteiger partial charge in [-0.25, -0.2) is 13.2 Å². The zero-order valence-corrected chi connectivity index (χ0v) is 15.3. The number of carboxylic acid groups (broad SMARTS) is 1. The molecule has 1 unspecified atom stereocenters. The minimum Gasteiger partial charge on any atom is -0.480 e. The first-order valence-electron chi connectivity index (χ1n) is 7.40. The quantitative estimate of drug-likeness (QED) is 0.681. The Morgan fingerprint density at radius 3 is 2.52 bits per heavy atom. The molecule has 0 aliphatic rings. The third-order valence-corrected chi connectivity index (χ3v) is 6.48. The molecule has 25 heavy (non-hydrogen) atoms. The number of benzene rings is 1. The number of carboxylic acids is 1. The van der Waals surface area contributed by atoms with E-state index in [0.717, 1.165) is 11.3 Å². The van der Waals surface area contributed by atoms with Gasteiger partial charge in [-0.2, -0.15) is 0 Å². The van der Waals surface area contributed by atoms with E-state index in [9.17, 15) is 23.1 Å². The highest BCUT2D eigenvalue weighted by molar-refractivity contribution is 7.94. The number of hydrogen-bond acceptors (Lipinski definition) is 5. The van der Waals surface area contributed by atoms with E-state index in [4.69, 9.17) is 0 Å². The zero-order chi connectivity index (χ0) is 18.7. The highest BCUT2D eigenvalue weighted by Crippen LogP contribution is 2.21. The Hall–Kier alpha value is -2.39. The molecule has 1 aromatic carbocycles. The smallest absolute Gasteiger partial charge is 0.329 e. The van der Waals surface area contributed by atoms with Gasteiger partial charge in [0.05, 0.1) is 0 Å². The van der Waals surface area contributed by atoms with Crippen molar-refractivity contribution in [2.75, 3.05) is 4.72 Å². The summed E-state index contributed by atoms with van der Waals surface area (Å²) < 4.78 is 27.0. The number of amides is 1. The monoisotopic (exact) mass is 382 g/mol. The molecule has 1 atom stereocenters. The summed E-state index contributed by atoms with van der Waals surface area (Å²) in [6, 6.07) is 8.97. The van der Waals surface area contributed by atoms with E-state index in [0.29, 0.717) is 0 Å². The van der Waals surface area contributed by atoms with Gasteiger partial charge < -0.3 is 10.4 Å². The fourth-order valence-corrected chi connectivity index (χ4v) is 4.00. The summed E-state index contributed by atoms with van der Waals surface area (Å²) in [6.45, 7) is 3.07. The number of carbonyl (C=O) groups excluding carboxylic acids is 1. The fourth-order valence-electron chi connectivity index (χ4n) is 1.96. The molecule has 134 valence electrons. The molecule has 1 heterocycles. The maximum atomic E-state index is 12.3. The summed E-state index contributed by atoms with van der Waals surface area (Å²) in [7, 11) is -3.72. The van der Waals surface area contributed by atoms with Gasteiger partial charge in [-0.05, 0) is 43.0 Å². The Morgan fingerprint density at radius 2 is 1.96 bits per heavy atom. The number of anilines is 1.